The molecule has 1 heterocycles. The summed E-state index contributed by atoms with van der Waals surface area (Å²) in [7, 11) is 0. The number of phenolic OH excluding ortho intramolecular Hbond substituents is 2. The van der Waals surface area contributed by atoms with Crippen molar-refractivity contribution in [3.05, 3.63) is 39.8 Å². The van der Waals surface area contributed by atoms with Crippen molar-refractivity contribution in [1.29, 1.82) is 0 Å². The van der Waals surface area contributed by atoms with E-state index in [1.54, 1.807) is 0 Å². The van der Waals surface area contributed by atoms with Gasteiger partial charge in [-0.2, -0.15) is 0 Å². The van der Waals surface area contributed by atoms with E-state index in [0.717, 1.165) is 22.0 Å². The summed E-state index contributed by atoms with van der Waals surface area (Å²) in [6.07, 6.45) is 0. The maximum absolute atomic E-state index is 10.1. The fraction of sp³-hybridized carbons (Fsp3) is 0.118. The maximum Gasteiger partial charge on any atom is 0.167 e. The van der Waals surface area contributed by atoms with Gasteiger partial charge in [-0.3, -0.25) is 0 Å². The van der Waals surface area contributed by atoms with E-state index in [2.05, 4.69) is 18.1 Å². The standard InChI is InChI=1S/C17H15NO2/c1-8-5-6-12-7-13-15(18-14(12)9(8)2)10(3)11(4)16(19)17(13)20/h5-7,19-20H,3-4H2,1-2H3. The molecule has 3 nitrogen and oxygen atoms in total. The topological polar surface area (TPSA) is 53.4 Å². The van der Waals surface area contributed by atoms with Gasteiger partial charge in [0, 0.05) is 21.2 Å². The summed E-state index contributed by atoms with van der Waals surface area (Å²) in [6.45, 7) is 11.7. The Labute approximate surface area is 116 Å². The van der Waals surface area contributed by atoms with Crippen molar-refractivity contribution in [3.63, 3.8) is 0 Å². The van der Waals surface area contributed by atoms with E-state index in [9.17, 15) is 10.2 Å². The van der Waals surface area contributed by atoms with Crippen LogP contribution in [-0.2, 0) is 0 Å². The quantitative estimate of drug-likeness (QED) is 0.484. The zero-order valence-electron chi connectivity index (χ0n) is 11.5. The number of nitrogens with zero attached hydrogens (tertiary/aromatic N) is 1. The van der Waals surface area contributed by atoms with Crippen LogP contribution >= 0.6 is 0 Å². The van der Waals surface area contributed by atoms with Crippen LogP contribution in [0.5, 0.6) is 11.5 Å². The van der Waals surface area contributed by atoms with Crippen LogP contribution in [0.1, 0.15) is 11.1 Å². The first-order chi connectivity index (χ1) is 9.41. The third kappa shape index (κ3) is 1.50. The summed E-state index contributed by atoms with van der Waals surface area (Å²) in [6, 6.07) is 5.80. The third-order valence-corrected chi connectivity index (χ3v) is 3.93. The van der Waals surface area contributed by atoms with E-state index in [1.165, 1.54) is 0 Å². The zero-order valence-corrected chi connectivity index (χ0v) is 11.5. The van der Waals surface area contributed by atoms with Crippen LogP contribution in [0, 0.1) is 13.8 Å². The lowest BCUT2D eigenvalue weighted by Gasteiger charge is -2.09. The van der Waals surface area contributed by atoms with Crippen LogP contribution in [0.25, 0.3) is 35.0 Å². The number of hydrogen-bond donors (Lipinski definition) is 2. The normalized spacial score (nSPS) is 11.3. The minimum absolute atomic E-state index is 0.190. The number of hydrogen-bond acceptors (Lipinski definition) is 3. The van der Waals surface area contributed by atoms with Crippen LogP contribution in [0.3, 0.4) is 0 Å². The molecule has 0 bridgehead atoms. The SMILES string of the molecule is C=c1c(O)c(O)c2cc3ccc(C)c(C)c3nc2c1=C. The first-order valence-electron chi connectivity index (χ1n) is 6.34. The van der Waals surface area contributed by atoms with E-state index < -0.39 is 0 Å². The molecule has 0 aliphatic rings. The monoisotopic (exact) mass is 265 g/mol. The van der Waals surface area contributed by atoms with Gasteiger partial charge in [-0.25, -0.2) is 4.98 Å². The summed E-state index contributed by atoms with van der Waals surface area (Å²) >= 11 is 0. The molecule has 0 aliphatic carbocycles. The highest BCUT2D eigenvalue weighted by Crippen LogP contribution is 2.31. The van der Waals surface area contributed by atoms with Crippen LogP contribution < -0.4 is 10.4 Å². The highest BCUT2D eigenvalue weighted by atomic mass is 16.3. The molecule has 0 spiro atoms. The number of fused-ring (bicyclic) bond motifs is 2. The van der Waals surface area contributed by atoms with Crippen LogP contribution in [0.15, 0.2) is 18.2 Å². The minimum Gasteiger partial charge on any atom is -0.504 e. The lowest BCUT2D eigenvalue weighted by molar-refractivity contribution is 0.405. The number of aromatic hydroxyl groups is 2. The molecule has 3 rings (SSSR count). The van der Waals surface area contributed by atoms with E-state index >= 15 is 0 Å². The Morgan fingerprint density at radius 2 is 1.65 bits per heavy atom. The van der Waals surface area contributed by atoms with Crippen LogP contribution in [0.2, 0.25) is 0 Å². The van der Waals surface area contributed by atoms with Gasteiger partial charge in [0.2, 0.25) is 0 Å². The van der Waals surface area contributed by atoms with E-state index in [1.807, 2.05) is 32.0 Å². The van der Waals surface area contributed by atoms with Crippen molar-refractivity contribution in [2.75, 3.05) is 0 Å². The number of phenols is 2. The van der Waals surface area contributed by atoms with Gasteiger partial charge in [0.05, 0.1) is 11.0 Å². The van der Waals surface area contributed by atoms with Gasteiger partial charge < -0.3 is 10.2 Å². The first kappa shape index (κ1) is 12.5. The Balaban J connectivity index is 2.66. The summed E-state index contributed by atoms with van der Waals surface area (Å²) in [4.78, 5) is 4.63. The summed E-state index contributed by atoms with van der Waals surface area (Å²) in [5.74, 6) is -0.419. The summed E-state index contributed by atoms with van der Waals surface area (Å²) in [5.41, 5.74) is 3.72. The zero-order chi connectivity index (χ0) is 14.6. The largest absolute Gasteiger partial charge is 0.504 e. The highest BCUT2D eigenvalue weighted by Gasteiger charge is 2.12. The Hall–Kier alpha value is -2.55. The molecule has 3 heteroatoms. The van der Waals surface area contributed by atoms with E-state index in [0.29, 0.717) is 21.3 Å². The molecule has 0 radical (unpaired) electrons. The molecule has 1 aromatic heterocycles. The van der Waals surface area contributed by atoms with Gasteiger partial charge in [0.25, 0.3) is 0 Å². The molecule has 3 aromatic rings. The smallest absolute Gasteiger partial charge is 0.167 e. The molecular formula is C17H15NO2. The number of rotatable bonds is 0. The predicted molar refractivity (Wildman–Crippen MR) is 82.3 cm³/mol. The number of pyridine rings is 1. The molecule has 100 valence electrons. The number of aromatic nitrogens is 1. The van der Waals surface area contributed by atoms with Gasteiger partial charge in [-0.05, 0) is 31.0 Å². The van der Waals surface area contributed by atoms with Gasteiger partial charge >= 0.3 is 0 Å². The fourth-order valence-electron chi connectivity index (χ4n) is 2.45. The summed E-state index contributed by atoms with van der Waals surface area (Å²) in [5, 5.41) is 22.2. The fourth-order valence-corrected chi connectivity index (χ4v) is 2.45. The van der Waals surface area contributed by atoms with E-state index in [4.69, 9.17) is 0 Å². The molecule has 0 unspecified atom stereocenters. The second kappa shape index (κ2) is 3.97. The average Bonchev–Trinajstić information content (AvgIpc) is 2.45. The molecule has 0 saturated heterocycles. The van der Waals surface area contributed by atoms with Gasteiger partial charge in [0.15, 0.2) is 11.5 Å². The van der Waals surface area contributed by atoms with Crippen molar-refractivity contribution >= 4 is 35.0 Å². The minimum atomic E-state index is -0.229. The summed E-state index contributed by atoms with van der Waals surface area (Å²) < 4.78 is 0. The molecule has 0 aliphatic heterocycles. The Morgan fingerprint density at radius 1 is 0.950 bits per heavy atom. The van der Waals surface area contributed by atoms with E-state index in [-0.39, 0.29) is 11.5 Å². The van der Waals surface area contributed by atoms with Gasteiger partial charge in [-0.15, -0.1) is 0 Å². The molecule has 2 aromatic carbocycles. The van der Waals surface area contributed by atoms with Crippen LogP contribution in [-0.4, -0.2) is 15.2 Å². The van der Waals surface area contributed by atoms with Gasteiger partial charge in [-0.1, -0.05) is 25.3 Å². The van der Waals surface area contributed by atoms with Crippen molar-refractivity contribution in [1.82, 2.24) is 4.98 Å². The predicted octanol–water partition coefficient (Wildman–Crippen LogP) is 2.24. The van der Waals surface area contributed by atoms with Crippen molar-refractivity contribution < 1.29 is 10.2 Å². The molecule has 20 heavy (non-hydrogen) atoms. The molecule has 0 atom stereocenters. The second-order valence-electron chi connectivity index (χ2n) is 5.12. The third-order valence-electron chi connectivity index (χ3n) is 3.93. The van der Waals surface area contributed by atoms with Crippen molar-refractivity contribution in [2.24, 2.45) is 0 Å². The maximum atomic E-state index is 10.1. The lowest BCUT2D eigenvalue weighted by Crippen LogP contribution is -2.23. The Morgan fingerprint density at radius 3 is 2.35 bits per heavy atom. The average molecular weight is 265 g/mol. The molecule has 0 fully saturated rings. The van der Waals surface area contributed by atoms with Crippen molar-refractivity contribution in [2.45, 2.75) is 13.8 Å². The van der Waals surface area contributed by atoms with Crippen LogP contribution in [0.4, 0.5) is 0 Å². The number of benzene rings is 2. The van der Waals surface area contributed by atoms with Gasteiger partial charge in [0.1, 0.15) is 0 Å². The number of aryl methyl sites for hydroxylation is 2. The molecular weight excluding hydrogens is 250 g/mol. The first-order valence-corrected chi connectivity index (χ1v) is 6.34. The molecule has 0 amide bonds. The lowest BCUT2D eigenvalue weighted by atomic mass is 10.0. The molecule has 2 N–H and O–H groups in total. The van der Waals surface area contributed by atoms with Crippen molar-refractivity contribution in [3.8, 4) is 11.5 Å². The Bertz CT molecular complexity index is 974. The highest BCUT2D eigenvalue weighted by molar-refractivity contribution is 5.98. The Kier molecular flexibility index (Phi) is 2.48. The molecule has 0 saturated carbocycles. The second-order valence-corrected chi connectivity index (χ2v) is 5.12.